The molecule has 2 heterocycles. The SMILES string of the molecule is CC(=O)OC[C@H]1O[C@@H](n2ccc(NC(=O)c3ccccc3)nc2=O)[C@H](OC(C)=O)[C@@H](F)[C@@H]1OC(C)=O. The van der Waals surface area contributed by atoms with E-state index in [0.717, 1.165) is 25.3 Å². The van der Waals surface area contributed by atoms with Crippen molar-refractivity contribution in [3.8, 4) is 0 Å². The smallest absolute Gasteiger partial charge is 0.351 e. The maximum absolute atomic E-state index is 15.5. The van der Waals surface area contributed by atoms with Gasteiger partial charge in [-0.2, -0.15) is 4.98 Å². The molecule has 1 aliphatic heterocycles. The molecule has 0 radical (unpaired) electrons. The van der Waals surface area contributed by atoms with Gasteiger partial charge in [0, 0.05) is 32.5 Å². The number of nitrogens with zero attached hydrogens (tertiary/aromatic N) is 2. The number of carbonyl (C=O) groups excluding carboxylic acids is 4. The number of nitrogens with one attached hydrogen (secondary N) is 1. The van der Waals surface area contributed by atoms with Gasteiger partial charge in [-0.3, -0.25) is 23.7 Å². The lowest BCUT2D eigenvalue weighted by Gasteiger charge is -2.42. The van der Waals surface area contributed by atoms with Crippen LogP contribution in [0.5, 0.6) is 0 Å². The first kappa shape index (κ1) is 26.5. The number of benzene rings is 1. The van der Waals surface area contributed by atoms with E-state index in [1.807, 2.05) is 0 Å². The molecule has 0 unspecified atom stereocenters. The standard InChI is InChI=1S/C23H24FN3O9/c1-12(28)33-11-16-19(34-13(2)29)18(24)20(35-14(3)30)22(36-16)27-10-9-17(26-23(27)32)25-21(31)15-7-5-4-6-8-15/h4-10,16,18-20,22H,11H2,1-3H3,(H,25,26,31,32)/t16-,18+,19-,20-,22-/m1/s1. The van der Waals surface area contributed by atoms with Gasteiger partial charge in [-0.25, -0.2) is 9.18 Å². The molecule has 0 aliphatic carbocycles. The van der Waals surface area contributed by atoms with Crippen molar-refractivity contribution in [3.63, 3.8) is 0 Å². The highest BCUT2D eigenvalue weighted by atomic mass is 19.1. The van der Waals surface area contributed by atoms with Crippen molar-refractivity contribution in [2.75, 3.05) is 11.9 Å². The lowest BCUT2D eigenvalue weighted by molar-refractivity contribution is -0.252. The molecule has 1 amide bonds. The third-order valence-electron chi connectivity index (χ3n) is 5.03. The molecule has 1 aromatic heterocycles. The second kappa shape index (κ2) is 11.5. The second-order valence-electron chi connectivity index (χ2n) is 7.78. The van der Waals surface area contributed by atoms with E-state index in [9.17, 15) is 24.0 Å². The second-order valence-corrected chi connectivity index (χ2v) is 7.78. The van der Waals surface area contributed by atoms with E-state index in [-0.39, 0.29) is 5.82 Å². The quantitative estimate of drug-likeness (QED) is 0.428. The Bertz CT molecular complexity index is 1180. The zero-order valence-electron chi connectivity index (χ0n) is 19.6. The molecule has 3 rings (SSSR count). The third-order valence-corrected chi connectivity index (χ3v) is 5.03. The van der Waals surface area contributed by atoms with Crippen LogP contribution in [0.2, 0.25) is 0 Å². The molecule has 5 atom stereocenters. The van der Waals surface area contributed by atoms with E-state index in [4.69, 9.17) is 18.9 Å². The molecule has 36 heavy (non-hydrogen) atoms. The van der Waals surface area contributed by atoms with Crippen molar-refractivity contribution in [1.82, 2.24) is 9.55 Å². The Morgan fingerprint density at radius 1 is 1.00 bits per heavy atom. The highest BCUT2D eigenvalue weighted by Gasteiger charge is 2.51. The molecule has 1 fully saturated rings. The Hall–Kier alpha value is -4.13. The van der Waals surface area contributed by atoms with E-state index < -0.39 is 66.8 Å². The number of alkyl halides is 1. The van der Waals surface area contributed by atoms with Crippen molar-refractivity contribution in [2.45, 2.75) is 51.5 Å². The summed E-state index contributed by atoms with van der Waals surface area (Å²) in [6, 6.07) is 9.47. The first-order valence-corrected chi connectivity index (χ1v) is 10.8. The molecule has 2 aromatic rings. The van der Waals surface area contributed by atoms with Crippen LogP contribution < -0.4 is 11.0 Å². The molecule has 1 aromatic carbocycles. The maximum Gasteiger partial charge on any atom is 0.351 e. The minimum Gasteiger partial charge on any atom is -0.463 e. The van der Waals surface area contributed by atoms with Gasteiger partial charge in [-0.1, -0.05) is 18.2 Å². The topological polar surface area (TPSA) is 152 Å². The first-order chi connectivity index (χ1) is 17.1. The van der Waals surface area contributed by atoms with Crippen LogP contribution in [0, 0.1) is 0 Å². The normalized spacial score (nSPS) is 23.3. The minimum absolute atomic E-state index is 0.0870. The Morgan fingerprint density at radius 3 is 2.22 bits per heavy atom. The Kier molecular flexibility index (Phi) is 8.48. The molecule has 192 valence electrons. The van der Waals surface area contributed by atoms with Crippen LogP contribution in [0.3, 0.4) is 0 Å². The van der Waals surface area contributed by atoms with Gasteiger partial charge in [0.25, 0.3) is 5.91 Å². The monoisotopic (exact) mass is 505 g/mol. The molecule has 0 spiro atoms. The highest BCUT2D eigenvalue weighted by molar-refractivity contribution is 6.03. The molecular formula is C23H24FN3O9. The Morgan fingerprint density at radius 2 is 1.64 bits per heavy atom. The summed E-state index contributed by atoms with van der Waals surface area (Å²) in [5.74, 6) is -3.04. The van der Waals surface area contributed by atoms with E-state index in [2.05, 4.69) is 10.3 Å². The zero-order chi connectivity index (χ0) is 26.4. The van der Waals surface area contributed by atoms with Crippen LogP contribution >= 0.6 is 0 Å². The molecule has 12 nitrogen and oxygen atoms in total. The van der Waals surface area contributed by atoms with Gasteiger partial charge >= 0.3 is 23.6 Å². The fourth-order valence-electron chi connectivity index (χ4n) is 3.54. The number of carbonyl (C=O) groups is 4. The van der Waals surface area contributed by atoms with Crippen LogP contribution in [0.1, 0.15) is 37.4 Å². The van der Waals surface area contributed by atoms with Gasteiger partial charge in [0.2, 0.25) is 0 Å². The first-order valence-electron chi connectivity index (χ1n) is 10.8. The lowest BCUT2D eigenvalue weighted by Crippen LogP contribution is -2.58. The number of anilines is 1. The van der Waals surface area contributed by atoms with Gasteiger partial charge in [0.15, 0.2) is 24.6 Å². The van der Waals surface area contributed by atoms with Gasteiger partial charge in [0.05, 0.1) is 0 Å². The summed E-state index contributed by atoms with van der Waals surface area (Å²) in [5.41, 5.74) is -0.633. The largest absolute Gasteiger partial charge is 0.463 e. The predicted octanol–water partition coefficient (Wildman–Crippen LogP) is 1.16. The van der Waals surface area contributed by atoms with Crippen LogP contribution in [0.4, 0.5) is 10.2 Å². The van der Waals surface area contributed by atoms with Gasteiger partial charge in [-0.05, 0) is 18.2 Å². The number of aromatic nitrogens is 2. The molecule has 1 N–H and O–H groups in total. The average molecular weight is 505 g/mol. The molecule has 1 aliphatic rings. The van der Waals surface area contributed by atoms with E-state index in [0.29, 0.717) is 5.56 Å². The predicted molar refractivity (Wildman–Crippen MR) is 119 cm³/mol. The summed E-state index contributed by atoms with van der Waals surface area (Å²) in [4.78, 5) is 63.5. The van der Waals surface area contributed by atoms with Gasteiger partial charge < -0.3 is 24.3 Å². The van der Waals surface area contributed by atoms with Crippen molar-refractivity contribution in [2.24, 2.45) is 0 Å². The van der Waals surface area contributed by atoms with E-state index in [1.165, 1.54) is 12.3 Å². The highest BCUT2D eigenvalue weighted by Crippen LogP contribution is 2.34. The number of rotatable bonds is 7. The van der Waals surface area contributed by atoms with Crippen molar-refractivity contribution in [3.05, 3.63) is 58.6 Å². The molecule has 1 saturated heterocycles. The van der Waals surface area contributed by atoms with Crippen molar-refractivity contribution >= 4 is 29.6 Å². The number of hydrogen-bond acceptors (Lipinski definition) is 10. The summed E-state index contributed by atoms with van der Waals surface area (Å²) in [6.45, 7) is 2.68. The number of halogens is 1. The van der Waals surface area contributed by atoms with Crippen LogP contribution in [-0.4, -0.2) is 64.5 Å². The van der Waals surface area contributed by atoms with Crippen LogP contribution in [0.15, 0.2) is 47.4 Å². The molecular weight excluding hydrogens is 481 g/mol. The number of hydrogen-bond donors (Lipinski definition) is 1. The van der Waals surface area contributed by atoms with Crippen molar-refractivity contribution < 1.29 is 42.5 Å². The molecule has 0 bridgehead atoms. The summed E-state index contributed by atoms with van der Waals surface area (Å²) < 4.78 is 37.1. The van der Waals surface area contributed by atoms with E-state index >= 15 is 4.39 Å². The van der Waals surface area contributed by atoms with Crippen LogP contribution in [-0.2, 0) is 33.3 Å². The molecule has 0 saturated carbocycles. The average Bonchev–Trinajstić information content (AvgIpc) is 2.81. The maximum atomic E-state index is 15.5. The number of ether oxygens (including phenoxy) is 4. The van der Waals surface area contributed by atoms with E-state index in [1.54, 1.807) is 30.3 Å². The van der Waals surface area contributed by atoms with Gasteiger partial charge in [0.1, 0.15) is 18.5 Å². The third kappa shape index (κ3) is 6.50. The Balaban J connectivity index is 1.91. The van der Waals surface area contributed by atoms with Crippen molar-refractivity contribution in [1.29, 1.82) is 0 Å². The Labute approximate surface area is 204 Å². The zero-order valence-corrected chi connectivity index (χ0v) is 19.6. The van der Waals surface area contributed by atoms with Crippen LogP contribution in [0.25, 0.3) is 0 Å². The fourth-order valence-corrected chi connectivity index (χ4v) is 3.54. The lowest BCUT2D eigenvalue weighted by atomic mass is 9.98. The number of esters is 3. The fraction of sp³-hybridized carbons (Fsp3) is 0.391. The summed E-state index contributed by atoms with van der Waals surface area (Å²) >= 11 is 0. The summed E-state index contributed by atoms with van der Waals surface area (Å²) in [5, 5.41) is 2.47. The molecule has 13 heteroatoms. The minimum atomic E-state index is -2.15. The summed E-state index contributed by atoms with van der Waals surface area (Å²) in [6.07, 6.45) is -7.20. The summed E-state index contributed by atoms with van der Waals surface area (Å²) in [7, 11) is 0. The van der Waals surface area contributed by atoms with Gasteiger partial charge in [-0.15, -0.1) is 0 Å². The number of amides is 1.